The topological polar surface area (TPSA) is 68.0 Å². The molecule has 1 unspecified atom stereocenters. The summed E-state index contributed by atoms with van der Waals surface area (Å²) in [6.45, 7) is 5.03. The number of amides is 1. The Balaban J connectivity index is 2.47. The van der Waals surface area contributed by atoms with Crippen molar-refractivity contribution < 1.29 is 4.79 Å². The lowest BCUT2D eigenvalue weighted by Crippen LogP contribution is -2.30. The molecule has 1 atom stereocenters. The van der Waals surface area contributed by atoms with Gasteiger partial charge in [-0.3, -0.25) is 4.79 Å². The number of nitrogen functional groups attached to an aromatic ring is 1. The molecule has 0 bridgehead atoms. The molecule has 1 rings (SSSR count). The molecule has 1 aromatic heterocycles. The molecule has 0 radical (unpaired) electrons. The van der Waals surface area contributed by atoms with Gasteiger partial charge in [0.2, 0.25) is 0 Å². The summed E-state index contributed by atoms with van der Waals surface area (Å²) >= 11 is 0. The Morgan fingerprint density at radius 1 is 1.50 bits per heavy atom. The summed E-state index contributed by atoms with van der Waals surface area (Å²) in [6.07, 6.45) is 6.22. The van der Waals surface area contributed by atoms with Crippen LogP contribution >= 0.6 is 0 Å². The van der Waals surface area contributed by atoms with Gasteiger partial charge in [-0.2, -0.15) is 0 Å². The number of unbranched alkanes of at least 4 members (excludes halogenated alkanes) is 1. The Hall–Kier alpha value is -1.58. The number of nitrogens with zero attached hydrogens (tertiary/aromatic N) is 1. The standard InChI is InChI=1S/C14H23N3O/c1-3-5-7-11(4-2)10-17-14(18)13-12(15)8-6-9-16-13/h6,8-9,11H,3-5,7,10,15H2,1-2H3,(H,17,18). The van der Waals surface area contributed by atoms with E-state index in [1.807, 2.05) is 0 Å². The monoisotopic (exact) mass is 249 g/mol. The van der Waals surface area contributed by atoms with E-state index in [1.165, 1.54) is 12.8 Å². The van der Waals surface area contributed by atoms with E-state index in [0.717, 1.165) is 12.8 Å². The summed E-state index contributed by atoms with van der Waals surface area (Å²) in [6, 6.07) is 3.42. The van der Waals surface area contributed by atoms with Crippen molar-refractivity contribution in [1.82, 2.24) is 10.3 Å². The Morgan fingerprint density at radius 2 is 2.28 bits per heavy atom. The highest BCUT2D eigenvalue weighted by molar-refractivity contribution is 5.96. The van der Waals surface area contributed by atoms with Crippen LogP contribution in [0.15, 0.2) is 18.3 Å². The third kappa shape index (κ3) is 4.35. The number of hydrogen-bond donors (Lipinski definition) is 2. The van der Waals surface area contributed by atoms with E-state index in [2.05, 4.69) is 24.1 Å². The number of nitrogens with two attached hydrogens (primary N) is 1. The molecular formula is C14H23N3O. The third-order valence-corrected chi connectivity index (χ3v) is 3.15. The molecule has 0 saturated carbocycles. The van der Waals surface area contributed by atoms with Crippen LogP contribution in [0.25, 0.3) is 0 Å². The van der Waals surface area contributed by atoms with Crippen LogP contribution in [-0.4, -0.2) is 17.4 Å². The van der Waals surface area contributed by atoms with Crippen LogP contribution in [0.5, 0.6) is 0 Å². The molecule has 1 amide bonds. The summed E-state index contributed by atoms with van der Waals surface area (Å²) in [4.78, 5) is 15.9. The number of pyridine rings is 1. The van der Waals surface area contributed by atoms with Crippen LogP contribution in [0.3, 0.4) is 0 Å². The molecule has 100 valence electrons. The number of carbonyl (C=O) groups is 1. The third-order valence-electron chi connectivity index (χ3n) is 3.15. The zero-order valence-corrected chi connectivity index (χ0v) is 11.3. The van der Waals surface area contributed by atoms with E-state index >= 15 is 0 Å². The number of aromatic nitrogens is 1. The van der Waals surface area contributed by atoms with Crippen molar-refractivity contribution in [2.75, 3.05) is 12.3 Å². The molecule has 4 heteroatoms. The average molecular weight is 249 g/mol. The predicted octanol–water partition coefficient (Wildman–Crippen LogP) is 2.61. The lowest BCUT2D eigenvalue weighted by molar-refractivity contribution is 0.0942. The van der Waals surface area contributed by atoms with Gasteiger partial charge in [-0.15, -0.1) is 0 Å². The first-order valence-electron chi connectivity index (χ1n) is 6.67. The van der Waals surface area contributed by atoms with E-state index in [9.17, 15) is 4.79 Å². The molecule has 0 spiro atoms. The fraction of sp³-hybridized carbons (Fsp3) is 0.571. The first-order valence-corrected chi connectivity index (χ1v) is 6.67. The van der Waals surface area contributed by atoms with Gasteiger partial charge >= 0.3 is 0 Å². The number of hydrogen-bond acceptors (Lipinski definition) is 3. The minimum absolute atomic E-state index is 0.178. The van der Waals surface area contributed by atoms with Gasteiger partial charge in [0, 0.05) is 12.7 Å². The van der Waals surface area contributed by atoms with Crippen molar-refractivity contribution in [3.05, 3.63) is 24.0 Å². The number of rotatable bonds is 7. The second-order valence-corrected chi connectivity index (χ2v) is 4.57. The molecular weight excluding hydrogens is 226 g/mol. The average Bonchev–Trinajstić information content (AvgIpc) is 2.39. The van der Waals surface area contributed by atoms with Crippen molar-refractivity contribution >= 4 is 11.6 Å². The van der Waals surface area contributed by atoms with Gasteiger partial charge < -0.3 is 11.1 Å². The first kappa shape index (κ1) is 14.5. The zero-order chi connectivity index (χ0) is 13.4. The van der Waals surface area contributed by atoms with Gasteiger partial charge in [0.1, 0.15) is 0 Å². The molecule has 0 aromatic carbocycles. The van der Waals surface area contributed by atoms with Gasteiger partial charge in [-0.25, -0.2) is 4.98 Å². The summed E-state index contributed by atoms with van der Waals surface area (Å²) in [5.41, 5.74) is 6.47. The maximum Gasteiger partial charge on any atom is 0.272 e. The van der Waals surface area contributed by atoms with E-state index in [-0.39, 0.29) is 5.91 Å². The van der Waals surface area contributed by atoms with Gasteiger partial charge in [-0.05, 0) is 24.5 Å². The Morgan fingerprint density at radius 3 is 2.89 bits per heavy atom. The Kier molecular flexibility index (Phi) is 6.19. The molecule has 0 saturated heterocycles. The maximum atomic E-state index is 11.9. The van der Waals surface area contributed by atoms with Gasteiger partial charge in [0.25, 0.3) is 5.91 Å². The summed E-state index contributed by atoms with van der Waals surface area (Å²) in [5, 5.41) is 2.92. The molecule has 1 aromatic rings. The normalized spacial score (nSPS) is 12.1. The van der Waals surface area contributed by atoms with E-state index < -0.39 is 0 Å². The molecule has 0 aliphatic heterocycles. The van der Waals surface area contributed by atoms with Crippen LogP contribution in [0.4, 0.5) is 5.69 Å². The highest BCUT2D eigenvalue weighted by Crippen LogP contribution is 2.12. The van der Waals surface area contributed by atoms with Crippen LogP contribution in [-0.2, 0) is 0 Å². The maximum absolute atomic E-state index is 11.9. The van der Waals surface area contributed by atoms with Crippen LogP contribution in [0.1, 0.15) is 50.0 Å². The number of carbonyl (C=O) groups excluding carboxylic acids is 1. The quantitative estimate of drug-likeness (QED) is 0.780. The van der Waals surface area contributed by atoms with Crippen LogP contribution in [0, 0.1) is 5.92 Å². The lowest BCUT2D eigenvalue weighted by atomic mass is 9.99. The zero-order valence-electron chi connectivity index (χ0n) is 11.3. The molecule has 1 heterocycles. The fourth-order valence-corrected chi connectivity index (χ4v) is 1.87. The summed E-state index contributed by atoms with van der Waals surface area (Å²) < 4.78 is 0. The Labute approximate surface area is 109 Å². The lowest BCUT2D eigenvalue weighted by Gasteiger charge is -2.15. The van der Waals surface area contributed by atoms with Crippen molar-refractivity contribution in [1.29, 1.82) is 0 Å². The minimum atomic E-state index is -0.178. The summed E-state index contributed by atoms with van der Waals surface area (Å²) in [7, 11) is 0. The largest absolute Gasteiger partial charge is 0.397 e. The summed E-state index contributed by atoms with van der Waals surface area (Å²) in [5.74, 6) is 0.363. The van der Waals surface area contributed by atoms with Gasteiger partial charge in [0.15, 0.2) is 5.69 Å². The molecule has 18 heavy (non-hydrogen) atoms. The second-order valence-electron chi connectivity index (χ2n) is 4.57. The molecule has 0 aliphatic rings. The molecule has 0 aliphatic carbocycles. The Bertz CT molecular complexity index is 379. The predicted molar refractivity (Wildman–Crippen MR) is 74.3 cm³/mol. The van der Waals surface area contributed by atoms with Crippen LogP contribution < -0.4 is 11.1 Å². The SMILES string of the molecule is CCCCC(CC)CNC(=O)c1ncccc1N. The van der Waals surface area contributed by atoms with E-state index in [0.29, 0.717) is 23.8 Å². The molecule has 0 fully saturated rings. The molecule has 4 nitrogen and oxygen atoms in total. The van der Waals surface area contributed by atoms with Crippen molar-refractivity contribution in [3.8, 4) is 0 Å². The number of nitrogens with one attached hydrogen (secondary N) is 1. The van der Waals surface area contributed by atoms with E-state index in [4.69, 9.17) is 5.73 Å². The fourth-order valence-electron chi connectivity index (χ4n) is 1.87. The second kappa shape index (κ2) is 7.69. The molecule has 3 N–H and O–H groups in total. The smallest absolute Gasteiger partial charge is 0.272 e. The van der Waals surface area contributed by atoms with Gasteiger partial charge in [-0.1, -0.05) is 33.1 Å². The number of anilines is 1. The van der Waals surface area contributed by atoms with Crippen molar-refractivity contribution in [2.24, 2.45) is 5.92 Å². The van der Waals surface area contributed by atoms with Crippen molar-refractivity contribution in [2.45, 2.75) is 39.5 Å². The van der Waals surface area contributed by atoms with E-state index in [1.54, 1.807) is 18.3 Å². The highest BCUT2D eigenvalue weighted by atomic mass is 16.1. The highest BCUT2D eigenvalue weighted by Gasteiger charge is 2.12. The van der Waals surface area contributed by atoms with Crippen LogP contribution in [0.2, 0.25) is 0 Å². The minimum Gasteiger partial charge on any atom is -0.397 e. The van der Waals surface area contributed by atoms with Crippen molar-refractivity contribution in [3.63, 3.8) is 0 Å². The van der Waals surface area contributed by atoms with Gasteiger partial charge in [0.05, 0.1) is 5.69 Å². The first-order chi connectivity index (χ1) is 8.69.